The first-order valence-corrected chi connectivity index (χ1v) is 10.4. The minimum absolute atomic E-state index is 0.122. The number of aromatic nitrogens is 3. The van der Waals surface area contributed by atoms with Crippen LogP contribution in [0.5, 0.6) is 5.88 Å². The minimum atomic E-state index is -0.396. The molecule has 4 N–H and O–H groups in total. The molecule has 0 radical (unpaired) electrons. The van der Waals surface area contributed by atoms with Crippen molar-refractivity contribution in [3.05, 3.63) is 64.7 Å². The van der Waals surface area contributed by atoms with Crippen LogP contribution in [0.2, 0.25) is 0 Å². The number of nitrogens with zero attached hydrogens (tertiary/aromatic N) is 4. The van der Waals surface area contributed by atoms with Gasteiger partial charge in [0.25, 0.3) is 5.91 Å². The van der Waals surface area contributed by atoms with E-state index in [0.29, 0.717) is 60.0 Å². The second kappa shape index (κ2) is 8.88. The predicted molar refractivity (Wildman–Crippen MR) is 119 cm³/mol. The highest BCUT2D eigenvalue weighted by atomic mass is 19.1. The molecule has 1 aliphatic rings. The second-order valence-electron chi connectivity index (χ2n) is 7.65. The van der Waals surface area contributed by atoms with Gasteiger partial charge in [0, 0.05) is 24.6 Å². The number of nitrogen functional groups attached to an aromatic ring is 1. The molecule has 32 heavy (non-hydrogen) atoms. The molecule has 1 aromatic carbocycles. The fraction of sp³-hybridized carbons (Fsp3) is 0.304. The van der Waals surface area contributed by atoms with Gasteiger partial charge < -0.3 is 21.1 Å². The highest BCUT2D eigenvalue weighted by Crippen LogP contribution is 2.38. The predicted octanol–water partition coefficient (Wildman–Crippen LogP) is 2.67. The maximum absolute atomic E-state index is 14.3. The molecule has 3 aromatic rings. The van der Waals surface area contributed by atoms with E-state index in [2.05, 4.69) is 15.0 Å². The third kappa shape index (κ3) is 3.99. The van der Waals surface area contributed by atoms with Crippen molar-refractivity contribution in [1.82, 2.24) is 19.9 Å². The standard InChI is InChI=1S/C23H25FN6O2/c1-13-21-18(29-23(26)27-13)12-19(30(22(21)31)10-4-9-25)15-8-7-14(24)11-16(15)17-5-3-6-20(28-17)32-2/h3,5-8,11,19H,4,9-10,12,25H2,1-2H3,(H2,26,27,29). The lowest BCUT2D eigenvalue weighted by Crippen LogP contribution is -2.42. The summed E-state index contributed by atoms with van der Waals surface area (Å²) in [4.78, 5) is 28.3. The number of hydrogen-bond acceptors (Lipinski definition) is 7. The maximum atomic E-state index is 14.3. The number of pyridine rings is 1. The van der Waals surface area contributed by atoms with Gasteiger partial charge in [0.2, 0.25) is 11.8 Å². The van der Waals surface area contributed by atoms with Crippen LogP contribution in [0.25, 0.3) is 11.3 Å². The summed E-state index contributed by atoms with van der Waals surface area (Å²) < 4.78 is 19.6. The Hall–Kier alpha value is -3.59. The van der Waals surface area contributed by atoms with Gasteiger partial charge >= 0.3 is 0 Å². The first-order chi connectivity index (χ1) is 15.4. The van der Waals surface area contributed by atoms with Crippen molar-refractivity contribution in [2.45, 2.75) is 25.8 Å². The van der Waals surface area contributed by atoms with Crippen LogP contribution in [-0.2, 0) is 6.42 Å². The summed E-state index contributed by atoms with van der Waals surface area (Å²) in [5, 5.41) is 0. The quantitative estimate of drug-likeness (QED) is 0.609. The van der Waals surface area contributed by atoms with Crippen LogP contribution in [-0.4, -0.2) is 46.0 Å². The number of hydrogen-bond donors (Lipinski definition) is 2. The van der Waals surface area contributed by atoms with Gasteiger partial charge in [0.1, 0.15) is 5.82 Å². The minimum Gasteiger partial charge on any atom is -0.481 e. The third-order valence-electron chi connectivity index (χ3n) is 5.61. The van der Waals surface area contributed by atoms with E-state index in [0.717, 1.165) is 5.56 Å². The summed E-state index contributed by atoms with van der Waals surface area (Å²) >= 11 is 0. The van der Waals surface area contributed by atoms with Crippen molar-refractivity contribution in [3.63, 3.8) is 0 Å². The Kier molecular flexibility index (Phi) is 6.00. The van der Waals surface area contributed by atoms with E-state index < -0.39 is 5.82 Å². The Balaban J connectivity index is 1.87. The Labute approximate surface area is 185 Å². The van der Waals surface area contributed by atoms with Crippen molar-refractivity contribution in [1.29, 1.82) is 0 Å². The normalized spacial score (nSPS) is 15.6. The molecule has 0 fully saturated rings. The number of halogens is 1. The van der Waals surface area contributed by atoms with Crippen LogP contribution in [0.15, 0.2) is 36.4 Å². The highest BCUT2D eigenvalue weighted by molar-refractivity contribution is 5.98. The van der Waals surface area contributed by atoms with Gasteiger partial charge in [0.15, 0.2) is 0 Å². The lowest BCUT2D eigenvalue weighted by molar-refractivity contribution is 0.0642. The summed E-state index contributed by atoms with van der Waals surface area (Å²) in [5.74, 6) is -0.0428. The number of ether oxygens (including phenoxy) is 1. The molecule has 0 saturated carbocycles. The van der Waals surface area contributed by atoms with Gasteiger partial charge in [-0.1, -0.05) is 12.1 Å². The average Bonchev–Trinajstić information content (AvgIpc) is 2.77. The SMILES string of the molecule is COc1cccc(-c2cc(F)ccc2C2Cc3nc(N)nc(C)c3C(=O)N2CCCN)n1. The molecule has 1 aliphatic heterocycles. The summed E-state index contributed by atoms with van der Waals surface area (Å²) in [6, 6.07) is 9.42. The van der Waals surface area contributed by atoms with E-state index in [1.54, 1.807) is 36.1 Å². The highest BCUT2D eigenvalue weighted by Gasteiger charge is 2.37. The zero-order chi connectivity index (χ0) is 22.8. The van der Waals surface area contributed by atoms with Crippen molar-refractivity contribution < 1.29 is 13.9 Å². The molecule has 0 bridgehead atoms. The number of carbonyl (C=O) groups excluding carboxylic acids is 1. The number of benzene rings is 1. The fourth-order valence-corrected chi connectivity index (χ4v) is 4.18. The molecule has 3 heterocycles. The van der Waals surface area contributed by atoms with E-state index in [4.69, 9.17) is 16.2 Å². The van der Waals surface area contributed by atoms with Crippen LogP contribution in [0, 0.1) is 12.7 Å². The molecule has 1 atom stereocenters. The number of methoxy groups -OCH3 is 1. The smallest absolute Gasteiger partial charge is 0.258 e. The van der Waals surface area contributed by atoms with Gasteiger partial charge in [-0.15, -0.1) is 0 Å². The summed E-state index contributed by atoms with van der Waals surface area (Å²) in [6.45, 7) is 2.64. The molecule has 4 rings (SSSR count). The van der Waals surface area contributed by atoms with E-state index in [1.165, 1.54) is 19.2 Å². The maximum Gasteiger partial charge on any atom is 0.258 e. The number of rotatable bonds is 6. The molecule has 2 aromatic heterocycles. The van der Waals surface area contributed by atoms with Crippen LogP contribution in [0.3, 0.4) is 0 Å². The van der Waals surface area contributed by atoms with Crippen molar-refractivity contribution in [2.75, 3.05) is 25.9 Å². The lowest BCUT2D eigenvalue weighted by atomic mass is 9.88. The lowest BCUT2D eigenvalue weighted by Gasteiger charge is -2.37. The zero-order valence-electron chi connectivity index (χ0n) is 18.0. The second-order valence-corrected chi connectivity index (χ2v) is 7.65. The molecular formula is C23H25FN6O2. The average molecular weight is 436 g/mol. The molecule has 1 unspecified atom stereocenters. The first-order valence-electron chi connectivity index (χ1n) is 10.4. The Morgan fingerprint density at radius 3 is 2.78 bits per heavy atom. The summed E-state index contributed by atoms with van der Waals surface area (Å²) in [6.07, 6.45) is 1.04. The number of fused-ring (bicyclic) bond motifs is 1. The molecule has 1 amide bonds. The summed E-state index contributed by atoms with van der Waals surface area (Å²) in [7, 11) is 1.52. The first kappa shape index (κ1) is 21.6. The van der Waals surface area contributed by atoms with Crippen molar-refractivity contribution >= 4 is 11.9 Å². The third-order valence-corrected chi connectivity index (χ3v) is 5.61. The molecular weight excluding hydrogens is 411 g/mol. The van der Waals surface area contributed by atoms with Gasteiger partial charge in [-0.3, -0.25) is 4.79 Å². The molecule has 0 saturated heterocycles. The number of anilines is 1. The fourth-order valence-electron chi connectivity index (χ4n) is 4.18. The zero-order valence-corrected chi connectivity index (χ0v) is 18.0. The Morgan fingerprint density at radius 1 is 1.22 bits per heavy atom. The van der Waals surface area contributed by atoms with Crippen LogP contribution < -0.4 is 16.2 Å². The van der Waals surface area contributed by atoms with Crippen LogP contribution in [0.1, 0.15) is 39.8 Å². The Morgan fingerprint density at radius 2 is 2.03 bits per heavy atom. The molecule has 0 spiro atoms. The number of nitrogens with two attached hydrogens (primary N) is 2. The van der Waals surface area contributed by atoms with E-state index in [-0.39, 0.29) is 17.9 Å². The van der Waals surface area contributed by atoms with Gasteiger partial charge in [-0.2, -0.15) is 0 Å². The largest absolute Gasteiger partial charge is 0.481 e. The van der Waals surface area contributed by atoms with Crippen molar-refractivity contribution in [2.24, 2.45) is 5.73 Å². The summed E-state index contributed by atoms with van der Waals surface area (Å²) in [5.41, 5.74) is 15.1. The molecule has 8 nitrogen and oxygen atoms in total. The van der Waals surface area contributed by atoms with Crippen LogP contribution >= 0.6 is 0 Å². The van der Waals surface area contributed by atoms with Gasteiger partial charge in [-0.05, 0) is 43.7 Å². The molecule has 166 valence electrons. The van der Waals surface area contributed by atoms with E-state index in [9.17, 15) is 9.18 Å². The monoisotopic (exact) mass is 436 g/mol. The van der Waals surface area contributed by atoms with Gasteiger partial charge in [-0.25, -0.2) is 19.3 Å². The molecule has 0 aliphatic carbocycles. The number of amides is 1. The van der Waals surface area contributed by atoms with Crippen LogP contribution in [0.4, 0.5) is 10.3 Å². The molecule has 9 heteroatoms. The Bertz CT molecular complexity index is 1170. The number of carbonyl (C=O) groups is 1. The van der Waals surface area contributed by atoms with Gasteiger partial charge in [0.05, 0.1) is 35.8 Å². The van der Waals surface area contributed by atoms with Crippen molar-refractivity contribution in [3.8, 4) is 17.1 Å². The van der Waals surface area contributed by atoms with E-state index in [1.807, 2.05) is 0 Å². The number of aryl methyl sites for hydroxylation is 1. The van der Waals surface area contributed by atoms with E-state index >= 15 is 0 Å². The topological polar surface area (TPSA) is 120 Å².